The zero-order chi connectivity index (χ0) is 15.2. The Kier molecular flexibility index (Phi) is 5.36. The molecule has 5 heteroatoms. The molecule has 0 radical (unpaired) electrons. The first-order valence-corrected chi connectivity index (χ1v) is 7.26. The molecule has 0 saturated heterocycles. The summed E-state index contributed by atoms with van der Waals surface area (Å²) in [4.78, 5) is 2.08. The second kappa shape index (κ2) is 7.24. The molecule has 0 aliphatic heterocycles. The van der Waals surface area contributed by atoms with E-state index >= 15 is 0 Å². The van der Waals surface area contributed by atoms with Crippen LogP contribution in [0.3, 0.4) is 0 Å². The van der Waals surface area contributed by atoms with Crippen molar-refractivity contribution in [3.05, 3.63) is 47.3 Å². The highest BCUT2D eigenvalue weighted by Crippen LogP contribution is 2.20. The van der Waals surface area contributed by atoms with E-state index in [4.69, 9.17) is 4.52 Å². The normalized spacial score (nSPS) is 12.8. The highest BCUT2D eigenvalue weighted by atomic mass is 16.5. The molecule has 21 heavy (non-hydrogen) atoms. The van der Waals surface area contributed by atoms with Gasteiger partial charge in [-0.3, -0.25) is 4.90 Å². The average molecular weight is 290 g/mol. The predicted octanol–water partition coefficient (Wildman–Crippen LogP) is 2.50. The molecule has 0 aliphatic rings. The number of hydrogen-bond acceptors (Lipinski definition) is 5. The summed E-state index contributed by atoms with van der Waals surface area (Å²) in [5, 5.41) is 23.7. The van der Waals surface area contributed by atoms with Crippen LogP contribution in [0.5, 0.6) is 5.75 Å². The lowest BCUT2D eigenvalue weighted by Crippen LogP contribution is -2.28. The van der Waals surface area contributed by atoms with Gasteiger partial charge in [0, 0.05) is 12.6 Å². The van der Waals surface area contributed by atoms with Gasteiger partial charge in [0.2, 0.25) is 0 Å². The fourth-order valence-corrected chi connectivity index (χ4v) is 2.20. The van der Waals surface area contributed by atoms with Crippen molar-refractivity contribution in [2.45, 2.75) is 32.9 Å². The molecule has 0 aliphatic carbocycles. The number of hydrogen-bond donors (Lipinski definition) is 2. The molecule has 1 atom stereocenters. The van der Waals surface area contributed by atoms with Crippen LogP contribution in [0, 0.1) is 0 Å². The molecule has 0 spiro atoms. The Morgan fingerprint density at radius 1 is 1.29 bits per heavy atom. The molecule has 2 aromatic rings. The van der Waals surface area contributed by atoms with Gasteiger partial charge in [0.05, 0.1) is 18.3 Å². The van der Waals surface area contributed by atoms with Crippen molar-refractivity contribution in [2.75, 3.05) is 13.1 Å². The van der Waals surface area contributed by atoms with Gasteiger partial charge in [-0.05, 0) is 30.7 Å². The van der Waals surface area contributed by atoms with Gasteiger partial charge >= 0.3 is 0 Å². The maximum absolute atomic E-state index is 10.3. The van der Waals surface area contributed by atoms with Crippen LogP contribution in [0.25, 0.3) is 0 Å². The first-order valence-electron chi connectivity index (χ1n) is 7.26. The van der Waals surface area contributed by atoms with E-state index in [2.05, 4.69) is 10.1 Å². The number of aliphatic hydroxyl groups is 1. The van der Waals surface area contributed by atoms with E-state index in [1.165, 1.54) is 0 Å². The van der Waals surface area contributed by atoms with E-state index in [9.17, 15) is 10.2 Å². The van der Waals surface area contributed by atoms with Crippen LogP contribution in [0.2, 0.25) is 0 Å². The van der Waals surface area contributed by atoms with E-state index in [1.54, 1.807) is 18.2 Å². The molecular weight excluding hydrogens is 268 g/mol. The Morgan fingerprint density at radius 3 is 2.71 bits per heavy atom. The lowest BCUT2D eigenvalue weighted by Gasteiger charge is -2.22. The van der Waals surface area contributed by atoms with Crippen LogP contribution in [0.15, 0.2) is 34.9 Å². The van der Waals surface area contributed by atoms with Crippen LogP contribution in [0.4, 0.5) is 0 Å². The van der Waals surface area contributed by atoms with Crippen LogP contribution < -0.4 is 0 Å². The Balaban J connectivity index is 1.98. The molecule has 0 amide bonds. The van der Waals surface area contributed by atoms with E-state index in [0.29, 0.717) is 18.7 Å². The number of aryl methyl sites for hydroxylation is 1. The molecule has 114 valence electrons. The van der Waals surface area contributed by atoms with Crippen molar-refractivity contribution in [3.63, 3.8) is 0 Å². The molecular formula is C16H22N2O3. The summed E-state index contributed by atoms with van der Waals surface area (Å²) in [6.07, 6.45) is 0.201. The van der Waals surface area contributed by atoms with Crippen molar-refractivity contribution in [1.82, 2.24) is 10.1 Å². The number of phenols is 1. The molecule has 0 fully saturated rings. The van der Waals surface area contributed by atoms with Crippen LogP contribution in [-0.2, 0) is 13.0 Å². The highest BCUT2D eigenvalue weighted by Gasteiger charge is 2.15. The molecule has 1 heterocycles. The maximum atomic E-state index is 10.3. The van der Waals surface area contributed by atoms with Crippen molar-refractivity contribution in [3.8, 4) is 5.75 Å². The minimum absolute atomic E-state index is 0.164. The van der Waals surface area contributed by atoms with Crippen molar-refractivity contribution >= 4 is 0 Å². The summed E-state index contributed by atoms with van der Waals surface area (Å²) in [5.74, 6) is 0.967. The Hall–Kier alpha value is -1.85. The molecule has 1 unspecified atom stereocenters. The number of aromatic hydroxyl groups is 1. The highest BCUT2D eigenvalue weighted by molar-refractivity contribution is 5.28. The van der Waals surface area contributed by atoms with E-state index in [1.807, 2.05) is 26.0 Å². The van der Waals surface area contributed by atoms with Gasteiger partial charge in [-0.2, -0.15) is 0 Å². The third-order valence-electron chi connectivity index (χ3n) is 3.48. The monoisotopic (exact) mass is 290 g/mol. The Bertz CT molecular complexity index is 568. The number of rotatable bonds is 7. The number of benzene rings is 1. The maximum Gasteiger partial charge on any atom is 0.150 e. The quantitative estimate of drug-likeness (QED) is 0.820. The van der Waals surface area contributed by atoms with Gasteiger partial charge in [-0.25, -0.2) is 0 Å². The third kappa shape index (κ3) is 4.31. The molecule has 1 aromatic heterocycles. The van der Waals surface area contributed by atoms with Crippen molar-refractivity contribution in [2.24, 2.45) is 0 Å². The van der Waals surface area contributed by atoms with Gasteiger partial charge in [0.15, 0.2) is 5.76 Å². The van der Waals surface area contributed by atoms with Gasteiger partial charge in [0.25, 0.3) is 0 Å². The topological polar surface area (TPSA) is 69.7 Å². The van der Waals surface area contributed by atoms with E-state index in [-0.39, 0.29) is 5.75 Å². The summed E-state index contributed by atoms with van der Waals surface area (Å²) in [5.41, 5.74) is 1.65. The molecule has 1 aromatic carbocycles. The lowest BCUT2D eigenvalue weighted by molar-refractivity contribution is 0.106. The summed E-state index contributed by atoms with van der Waals surface area (Å²) in [6.45, 7) is 5.94. The van der Waals surface area contributed by atoms with Gasteiger partial charge in [-0.1, -0.05) is 31.1 Å². The number of likely N-dealkylation sites (N-methyl/N-ethyl adjacent to an activating group) is 1. The Morgan fingerprint density at radius 2 is 2.10 bits per heavy atom. The zero-order valence-corrected chi connectivity index (χ0v) is 12.5. The molecule has 2 rings (SSSR count). The second-order valence-electron chi connectivity index (χ2n) is 5.08. The van der Waals surface area contributed by atoms with Gasteiger partial charge in [-0.15, -0.1) is 0 Å². The largest absolute Gasteiger partial charge is 0.508 e. The van der Waals surface area contributed by atoms with Crippen LogP contribution in [0.1, 0.15) is 37.0 Å². The number of phenolic OH excluding ortho intramolecular Hbond substituents is 1. The third-order valence-corrected chi connectivity index (χ3v) is 3.48. The summed E-state index contributed by atoms with van der Waals surface area (Å²) in [6, 6.07) is 8.66. The summed E-state index contributed by atoms with van der Waals surface area (Å²) >= 11 is 0. The first kappa shape index (κ1) is 15.5. The lowest BCUT2D eigenvalue weighted by atomic mass is 10.1. The first-order chi connectivity index (χ1) is 10.1. The zero-order valence-electron chi connectivity index (χ0n) is 12.5. The van der Waals surface area contributed by atoms with Crippen LogP contribution >= 0.6 is 0 Å². The van der Waals surface area contributed by atoms with Gasteiger partial charge in [0.1, 0.15) is 5.75 Å². The molecule has 2 N–H and O–H groups in total. The number of aromatic nitrogens is 1. The van der Waals surface area contributed by atoms with E-state index in [0.717, 1.165) is 24.4 Å². The molecule has 5 nitrogen and oxygen atoms in total. The number of aliphatic hydroxyl groups excluding tert-OH is 1. The second-order valence-corrected chi connectivity index (χ2v) is 5.08. The fraction of sp³-hybridized carbons (Fsp3) is 0.438. The summed E-state index contributed by atoms with van der Waals surface area (Å²) in [7, 11) is 0. The van der Waals surface area contributed by atoms with E-state index < -0.39 is 6.10 Å². The SMILES string of the molecule is CCc1cc(CN(CC)CC(O)c2cccc(O)c2)on1. The predicted molar refractivity (Wildman–Crippen MR) is 79.9 cm³/mol. The minimum Gasteiger partial charge on any atom is -0.508 e. The summed E-state index contributed by atoms with van der Waals surface area (Å²) < 4.78 is 5.28. The minimum atomic E-state index is -0.648. The van der Waals surface area contributed by atoms with Crippen LogP contribution in [-0.4, -0.2) is 33.4 Å². The Labute approximate surface area is 124 Å². The number of nitrogens with zero attached hydrogens (tertiary/aromatic N) is 2. The average Bonchev–Trinajstić information content (AvgIpc) is 2.94. The standard InChI is InChI=1S/C16H22N2O3/c1-3-13-9-15(21-17-13)10-18(4-2)11-16(20)12-6-5-7-14(19)8-12/h5-9,16,19-20H,3-4,10-11H2,1-2H3. The fourth-order valence-electron chi connectivity index (χ4n) is 2.20. The molecule has 0 saturated carbocycles. The van der Waals surface area contributed by atoms with Crippen molar-refractivity contribution in [1.29, 1.82) is 0 Å². The smallest absolute Gasteiger partial charge is 0.150 e. The van der Waals surface area contributed by atoms with Crippen molar-refractivity contribution < 1.29 is 14.7 Å². The molecule has 0 bridgehead atoms. The van der Waals surface area contributed by atoms with Gasteiger partial charge < -0.3 is 14.7 Å².